The topological polar surface area (TPSA) is 104 Å². The van der Waals surface area contributed by atoms with E-state index in [0.29, 0.717) is 6.42 Å². The Balaban J connectivity index is 2.21. The van der Waals surface area contributed by atoms with Crippen LogP contribution in [0.1, 0.15) is 36.3 Å². The van der Waals surface area contributed by atoms with Gasteiger partial charge < -0.3 is 15.2 Å². The number of amides is 1. The molecule has 132 valence electrons. The molecular weight excluding hydrogens is 322 g/mol. The summed E-state index contributed by atoms with van der Waals surface area (Å²) >= 11 is 0. The second kappa shape index (κ2) is 8.23. The minimum Gasteiger partial charge on any atom is -0.548 e. The summed E-state index contributed by atoms with van der Waals surface area (Å²) in [5.41, 5.74) is 0.491. The van der Waals surface area contributed by atoms with Gasteiger partial charge in [-0.3, -0.25) is 9.59 Å². The van der Waals surface area contributed by atoms with E-state index in [2.05, 4.69) is 10.4 Å². The molecule has 0 saturated heterocycles. The van der Waals surface area contributed by atoms with E-state index in [0.717, 1.165) is 5.56 Å². The Labute approximate surface area is 145 Å². The van der Waals surface area contributed by atoms with Gasteiger partial charge in [-0.25, -0.2) is 4.68 Å². The van der Waals surface area contributed by atoms with Crippen molar-refractivity contribution in [1.82, 2.24) is 15.1 Å². The lowest BCUT2D eigenvalue weighted by Gasteiger charge is -2.24. The third-order valence-corrected chi connectivity index (χ3v) is 4.03. The number of carboxylic acids is 1. The van der Waals surface area contributed by atoms with E-state index in [9.17, 15) is 19.5 Å². The summed E-state index contributed by atoms with van der Waals surface area (Å²) in [4.78, 5) is 35.5. The Bertz CT molecular complexity index is 801. The molecule has 1 amide bonds. The van der Waals surface area contributed by atoms with Crippen LogP contribution >= 0.6 is 0 Å². The zero-order valence-electron chi connectivity index (χ0n) is 14.1. The number of aromatic nitrogens is 2. The minimum atomic E-state index is -1.35. The third-order valence-electron chi connectivity index (χ3n) is 4.03. The van der Waals surface area contributed by atoms with E-state index in [1.165, 1.54) is 16.8 Å². The summed E-state index contributed by atoms with van der Waals surface area (Å²) < 4.78 is 1.17. The zero-order chi connectivity index (χ0) is 18.4. The first kappa shape index (κ1) is 18.4. The van der Waals surface area contributed by atoms with E-state index in [-0.39, 0.29) is 23.7 Å². The van der Waals surface area contributed by atoms with Gasteiger partial charge in [0.1, 0.15) is 5.69 Å². The fraction of sp³-hybridized carbons (Fsp3) is 0.333. The molecule has 0 saturated carbocycles. The highest BCUT2D eigenvalue weighted by atomic mass is 16.4. The maximum Gasteiger partial charge on any atom is 0.272 e. The summed E-state index contributed by atoms with van der Waals surface area (Å²) in [7, 11) is 0. The van der Waals surface area contributed by atoms with Crippen molar-refractivity contribution in [2.75, 3.05) is 0 Å². The molecule has 0 fully saturated rings. The lowest BCUT2D eigenvalue weighted by atomic mass is 9.99. The van der Waals surface area contributed by atoms with E-state index < -0.39 is 17.9 Å². The number of rotatable bonds is 7. The SMILES string of the molecule is CC[C@H](C)[C@H](NC(=O)c1ccc(=O)n(Cc2ccccc2)n1)C(=O)[O-]. The summed E-state index contributed by atoms with van der Waals surface area (Å²) in [6.07, 6.45) is 0.569. The molecule has 2 atom stereocenters. The molecule has 0 spiro atoms. The largest absolute Gasteiger partial charge is 0.548 e. The van der Waals surface area contributed by atoms with Gasteiger partial charge in [-0.2, -0.15) is 5.10 Å². The molecule has 0 radical (unpaired) electrons. The number of carbonyl (C=O) groups excluding carboxylic acids is 2. The highest BCUT2D eigenvalue weighted by Crippen LogP contribution is 2.08. The Morgan fingerprint density at radius 2 is 1.88 bits per heavy atom. The van der Waals surface area contributed by atoms with Crippen molar-refractivity contribution in [3.8, 4) is 0 Å². The highest BCUT2D eigenvalue weighted by molar-refractivity contribution is 5.94. The maximum atomic E-state index is 12.3. The number of aliphatic carboxylic acids is 1. The molecule has 2 rings (SSSR count). The van der Waals surface area contributed by atoms with Crippen molar-refractivity contribution in [2.24, 2.45) is 5.92 Å². The predicted octanol–water partition coefficient (Wildman–Crippen LogP) is 0.186. The van der Waals surface area contributed by atoms with Gasteiger partial charge in [0.05, 0.1) is 18.6 Å². The molecular formula is C18H20N3O4-. The standard InChI is InChI=1S/C18H21N3O4/c1-3-12(2)16(18(24)25)19-17(23)14-9-10-15(22)21(20-14)11-13-7-5-4-6-8-13/h4-10,12,16H,3,11H2,1-2H3,(H,19,23)(H,24,25)/p-1/t12-,16-/m0/s1. The van der Waals surface area contributed by atoms with Crippen molar-refractivity contribution < 1.29 is 14.7 Å². The van der Waals surface area contributed by atoms with Crippen LogP contribution in [0.15, 0.2) is 47.3 Å². The number of hydrogen-bond acceptors (Lipinski definition) is 5. The molecule has 7 heteroatoms. The summed E-state index contributed by atoms with van der Waals surface area (Å²) in [5, 5.41) is 17.7. The summed E-state index contributed by atoms with van der Waals surface area (Å²) in [5.74, 6) is -2.29. The Kier molecular flexibility index (Phi) is 6.05. The number of nitrogens with zero attached hydrogens (tertiary/aromatic N) is 2. The molecule has 25 heavy (non-hydrogen) atoms. The molecule has 1 N–H and O–H groups in total. The zero-order valence-corrected chi connectivity index (χ0v) is 14.1. The van der Waals surface area contributed by atoms with Crippen LogP contribution in [0.25, 0.3) is 0 Å². The van der Waals surface area contributed by atoms with E-state index in [4.69, 9.17) is 0 Å². The van der Waals surface area contributed by atoms with E-state index in [1.807, 2.05) is 37.3 Å². The van der Waals surface area contributed by atoms with Gasteiger partial charge in [0.15, 0.2) is 0 Å². The second-order valence-electron chi connectivity index (χ2n) is 5.86. The van der Waals surface area contributed by atoms with Gasteiger partial charge in [0.25, 0.3) is 11.5 Å². The van der Waals surface area contributed by atoms with Crippen LogP contribution in [0.4, 0.5) is 0 Å². The van der Waals surface area contributed by atoms with Gasteiger partial charge in [-0.15, -0.1) is 0 Å². The van der Waals surface area contributed by atoms with Crippen LogP contribution in [0.5, 0.6) is 0 Å². The van der Waals surface area contributed by atoms with Crippen molar-refractivity contribution in [2.45, 2.75) is 32.9 Å². The van der Waals surface area contributed by atoms with Crippen LogP contribution in [-0.4, -0.2) is 27.7 Å². The quantitative estimate of drug-likeness (QED) is 0.773. The average molecular weight is 342 g/mol. The summed E-state index contributed by atoms with van der Waals surface area (Å²) in [6, 6.07) is 10.6. The van der Waals surface area contributed by atoms with Gasteiger partial charge in [-0.1, -0.05) is 50.6 Å². The number of nitrogens with one attached hydrogen (secondary N) is 1. The van der Waals surface area contributed by atoms with E-state index in [1.54, 1.807) is 6.92 Å². The molecule has 7 nitrogen and oxygen atoms in total. The highest BCUT2D eigenvalue weighted by Gasteiger charge is 2.21. The van der Waals surface area contributed by atoms with Crippen molar-refractivity contribution in [3.05, 3.63) is 64.1 Å². The molecule has 1 aromatic heterocycles. The van der Waals surface area contributed by atoms with Crippen LogP contribution in [0.3, 0.4) is 0 Å². The Morgan fingerprint density at radius 3 is 2.48 bits per heavy atom. The second-order valence-corrected chi connectivity index (χ2v) is 5.86. The molecule has 0 bridgehead atoms. The predicted molar refractivity (Wildman–Crippen MR) is 89.8 cm³/mol. The van der Waals surface area contributed by atoms with Crippen molar-refractivity contribution in [1.29, 1.82) is 0 Å². The number of carbonyl (C=O) groups is 2. The lowest BCUT2D eigenvalue weighted by molar-refractivity contribution is -0.309. The minimum absolute atomic E-state index is 0.0231. The van der Waals surface area contributed by atoms with Crippen LogP contribution in [0.2, 0.25) is 0 Å². The third kappa shape index (κ3) is 4.76. The van der Waals surface area contributed by atoms with E-state index >= 15 is 0 Å². The smallest absolute Gasteiger partial charge is 0.272 e. The number of carboxylic acid groups (broad SMARTS) is 1. The molecule has 1 aromatic carbocycles. The monoisotopic (exact) mass is 342 g/mol. The van der Waals surface area contributed by atoms with Gasteiger partial charge in [0.2, 0.25) is 0 Å². The normalized spacial score (nSPS) is 13.0. The Morgan fingerprint density at radius 1 is 1.20 bits per heavy atom. The van der Waals surface area contributed by atoms with Gasteiger partial charge in [0, 0.05) is 6.07 Å². The van der Waals surface area contributed by atoms with Crippen LogP contribution < -0.4 is 16.0 Å². The summed E-state index contributed by atoms with van der Waals surface area (Å²) in [6.45, 7) is 3.76. The van der Waals surface area contributed by atoms with Gasteiger partial charge in [-0.05, 0) is 17.5 Å². The van der Waals surface area contributed by atoms with Crippen LogP contribution in [-0.2, 0) is 11.3 Å². The lowest BCUT2D eigenvalue weighted by Crippen LogP contribution is -2.51. The molecule has 0 aliphatic carbocycles. The van der Waals surface area contributed by atoms with Crippen LogP contribution in [0, 0.1) is 5.92 Å². The molecule has 0 unspecified atom stereocenters. The molecule has 0 aliphatic rings. The number of benzene rings is 1. The first-order valence-corrected chi connectivity index (χ1v) is 8.06. The van der Waals surface area contributed by atoms with Crippen molar-refractivity contribution >= 4 is 11.9 Å². The first-order valence-electron chi connectivity index (χ1n) is 8.06. The first-order chi connectivity index (χ1) is 11.9. The fourth-order valence-electron chi connectivity index (χ4n) is 2.32. The molecule has 2 aromatic rings. The van der Waals surface area contributed by atoms with Gasteiger partial charge >= 0.3 is 0 Å². The maximum absolute atomic E-state index is 12.3. The fourth-order valence-corrected chi connectivity index (χ4v) is 2.32. The number of hydrogen-bond donors (Lipinski definition) is 1. The average Bonchev–Trinajstić information content (AvgIpc) is 2.61. The van der Waals surface area contributed by atoms with Crippen molar-refractivity contribution in [3.63, 3.8) is 0 Å². The Hall–Kier alpha value is -2.96. The molecule has 1 heterocycles. The molecule has 0 aliphatic heterocycles.